The van der Waals surface area contributed by atoms with E-state index in [0.29, 0.717) is 0 Å². The maximum absolute atomic E-state index is 5.22. The third-order valence-corrected chi connectivity index (χ3v) is 5.59. The van der Waals surface area contributed by atoms with Gasteiger partial charge in [0, 0.05) is 55.9 Å². The van der Waals surface area contributed by atoms with Crippen molar-refractivity contribution in [2.75, 3.05) is 26.7 Å². The number of imidazole rings is 1. The Labute approximate surface area is 164 Å². The molecule has 5 heterocycles. The van der Waals surface area contributed by atoms with Gasteiger partial charge in [-0.25, -0.2) is 4.98 Å². The van der Waals surface area contributed by atoms with Crippen LogP contribution in [0.4, 0.5) is 0 Å². The van der Waals surface area contributed by atoms with Crippen molar-refractivity contribution >= 4 is 5.52 Å². The van der Waals surface area contributed by atoms with Gasteiger partial charge in [-0.1, -0.05) is 12.1 Å². The van der Waals surface area contributed by atoms with Crippen LogP contribution in [0.5, 0.6) is 0 Å². The molecule has 0 N–H and O–H groups in total. The lowest BCUT2D eigenvalue weighted by Crippen LogP contribution is -2.46. The standard InChI is InChI=1S/C22H23N5O/c1-25-8-9-26(12-17-6-10-28-15-17)14-21(25)22-20-5-4-19(13-27(20)16-24-22)18-3-2-7-23-11-18/h2-7,10-11,13,15-16,21H,8-9,12,14H2,1H3/t21-/m1/s1. The summed E-state index contributed by atoms with van der Waals surface area (Å²) in [6.07, 6.45) is 11.3. The molecule has 0 spiro atoms. The van der Waals surface area contributed by atoms with Crippen LogP contribution in [-0.4, -0.2) is 50.9 Å². The molecule has 1 atom stereocenters. The van der Waals surface area contributed by atoms with E-state index in [4.69, 9.17) is 9.40 Å². The molecule has 1 aliphatic rings. The minimum atomic E-state index is 0.273. The Balaban J connectivity index is 1.43. The fourth-order valence-corrected chi connectivity index (χ4v) is 3.99. The van der Waals surface area contributed by atoms with Crippen LogP contribution in [0.1, 0.15) is 17.3 Å². The van der Waals surface area contributed by atoms with Gasteiger partial charge in [-0.05, 0) is 30.8 Å². The Bertz CT molecular complexity index is 1060. The minimum Gasteiger partial charge on any atom is -0.472 e. The number of nitrogens with zero attached hydrogens (tertiary/aromatic N) is 5. The number of fused-ring (bicyclic) bond motifs is 1. The molecule has 1 aliphatic heterocycles. The van der Waals surface area contributed by atoms with Gasteiger partial charge in [0.15, 0.2) is 0 Å². The number of likely N-dealkylation sites (N-methyl/N-ethyl adjacent to an activating group) is 1. The molecule has 5 rings (SSSR count). The fourth-order valence-electron chi connectivity index (χ4n) is 3.99. The van der Waals surface area contributed by atoms with E-state index in [1.165, 1.54) is 5.56 Å². The maximum atomic E-state index is 5.22. The monoisotopic (exact) mass is 373 g/mol. The summed E-state index contributed by atoms with van der Waals surface area (Å²) >= 11 is 0. The quantitative estimate of drug-likeness (QED) is 0.548. The number of rotatable bonds is 4. The molecule has 0 unspecified atom stereocenters. The van der Waals surface area contributed by atoms with Crippen molar-refractivity contribution in [3.63, 3.8) is 0 Å². The fraction of sp³-hybridized carbons (Fsp3) is 0.273. The average Bonchev–Trinajstić information content (AvgIpc) is 3.39. The van der Waals surface area contributed by atoms with E-state index in [-0.39, 0.29) is 6.04 Å². The third-order valence-electron chi connectivity index (χ3n) is 5.59. The second-order valence-electron chi connectivity index (χ2n) is 7.44. The number of furan rings is 1. The van der Waals surface area contributed by atoms with E-state index < -0.39 is 0 Å². The molecule has 0 saturated carbocycles. The molecule has 1 saturated heterocycles. The lowest BCUT2D eigenvalue weighted by atomic mass is 10.1. The summed E-state index contributed by atoms with van der Waals surface area (Å²) < 4.78 is 7.35. The van der Waals surface area contributed by atoms with Gasteiger partial charge in [0.1, 0.15) is 0 Å². The van der Waals surface area contributed by atoms with E-state index in [1.54, 1.807) is 12.5 Å². The second kappa shape index (κ2) is 7.22. The molecule has 0 amide bonds. The first-order valence-electron chi connectivity index (χ1n) is 9.58. The molecule has 0 radical (unpaired) electrons. The Hall–Kier alpha value is -2.96. The van der Waals surface area contributed by atoms with Gasteiger partial charge in [-0.15, -0.1) is 0 Å². The molecule has 4 aromatic heterocycles. The molecule has 0 aliphatic carbocycles. The molecule has 4 aromatic rings. The highest BCUT2D eigenvalue weighted by atomic mass is 16.3. The highest BCUT2D eigenvalue weighted by Crippen LogP contribution is 2.29. The van der Waals surface area contributed by atoms with E-state index in [9.17, 15) is 0 Å². The predicted octanol–water partition coefficient (Wildman–Crippen LogP) is 3.48. The Morgan fingerprint density at radius 3 is 2.93 bits per heavy atom. The van der Waals surface area contributed by atoms with Crippen LogP contribution in [-0.2, 0) is 6.54 Å². The molecular formula is C22H23N5O. The van der Waals surface area contributed by atoms with Crippen LogP contribution >= 0.6 is 0 Å². The van der Waals surface area contributed by atoms with Gasteiger partial charge in [0.05, 0.1) is 36.1 Å². The first-order chi connectivity index (χ1) is 13.8. The van der Waals surface area contributed by atoms with Gasteiger partial charge >= 0.3 is 0 Å². The average molecular weight is 373 g/mol. The van der Waals surface area contributed by atoms with Crippen molar-refractivity contribution < 1.29 is 4.42 Å². The molecule has 6 nitrogen and oxygen atoms in total. The first kappa shape index (κ1) is 17.2. The third kappa shape index (κ3) is 3.21. The van der Waals surface area contributed by atoms with Crippen LogP contribution in [0.2, 0.25) is 0 Å². The zero-order valence-corrected chi connectivity index (χ0v) is 15.9. The molecular weight excluding hydrogens is 350 g/mol. The number of pyridine rings is 2. The number of aromatic nitrogens is 3. The largest absolute Gasteiger partial charge is 0.472 e. The Kier molecular flexibility index (Phi) is 4.43. The van der Waals surface area contributed by atoms with Gasteiger partial charge < -0.3 is 8.82 Å². The lowest BCUT2D eigenvalue weighted by Gasteiger charge is -2.38. The molecule has 1 fully saturated rings. The normalized spacial score (nSPS) is 18.7. The number of piperazine rings is 1. The smallest absolute Gasteiger partial charge is 0.0996 e. The van der Waals surface area contributed by atoms with Crippen molar-refractivity contribution in [1.82, 2.24) is 24.2 Å². The molecule has 0 bridgehead atoms. The van der Waals surface area contributed by atoms with Gasteiger partial charge in [0.25, 0.3) is 0 Å². The summed E-state index contributed by atoms with van der Waals surface area (Å²) in [6, 6.07) is 10.7. The van der Waals surface area contributed by atoms with Crippen LogP contribution in [0.25, 0.3) is 16.6 Å². The van der Waals surface area contributed by atoms with Gasteiger partial charge in [-0.2, -0.15) is 0 Å². The van der Waals surface area contributed by atoms with E-state index in [2.05, 4.69) is 50.6 Å². The molecule has 6 heteroatoms. The van der Waals surface area contributed by atoms with Crippen molar-refractivity contribution in [1.29, 1.82) is 0 Å². The van der Waals surface area contributed by atoms with Gasteiger partial charge in [0.2, 0.25) is 0 Å². The highest BCUT2D eigenvalue weighted by Gasteiger charge is 2.28. The highest BCUT2D eigenvalue weighted by molar-refractivity contribution is 5.66. The summed E-state index contributed by atoms with van der Waals surface area (Å²) in [5.74, 6) is 0. The summed E-state index contributed by atoms with van der Waals surface area (Å²) in [5, 5.41) is 0. The van der Waals surface area contributed by atoms with Crippen molar-refractivity contribution in [2.45, 2.75) is 12.6 Å². The summed E-state index contributed by atoms with van der Waals surface area (Å²) in [7, 11) is 2.19. The van der Waals surface area contributed by atoms with Crippen molar-refractivity contribution in [3.8, 4) is 11.1 Å². The van der Waals surface area contributed by atoms with E-state index in [0.717, 1.165) is 48.5 Å². The maximum Gasteiger partial charge on any atom is 0.0996 e. The van der Waals surface area contributed by atoms with Crippen LogP contribution < -0.4 is 0 Å². The molecule has 28 heavy (non-hydrogen) atoms. The molecule has 0 aromatic carbocycles. The zero-order chi connectivity index (χ0) is 18.9. The molecule has 142 valence electrons. The summed E-state index contributed by atoms with van der Waals surface area (Å²) in [6.45, 7) is 3.95. The second-order valence-corrected chi connectivity index (χ2v) is 7.44. The Morgan fingerprint density at radius 2 is 2.11 bits per heavy atom. The number of hydrogen-bond donors (Lipinski definition) is 0. The first-order valence-corrected chi connectivity index (χ1v) is 9.58. The van der Waals surface area contributed by atoms with E-state index >= 15 is 0 Å². The van der Waals surface area contributed by atoms with Gasteiger partial charge in [-0.3, -0.25) is 14.8 Å². The zero-order valence-electron chi connectivity index (χ0n) is 15.9. The minimum absolute atomic E-state index is 0.273. The lowest BCUT2D eigenvalue weighted by molar-refractivity contribution is 0.0891. The SMILES string of the molecule is CN1CCN(Cc2ccoc2)C[C@@H]1c1ncn2cc(-c3cccnc3)ccc12. The van der Waals surface area contributed by atoms with Crippen LogP contribution in [0.15, 0.2) is 72.2 Å². The van der Waals surface area contributed by atoms with Crippen LogP contribution in [0.3, 0.4) is 0 Å². The summed E-state index contributed by atoms with van der Waals surface area (Å²) in [5.41, 5.74) is 5.77. The topological polar surface area (TPSA) is 49.8 Å². The van der Waals surface area contributed by atoms with Crippen molar-refractivity contribution in [2.24, 2.45) is 0 Å². The Morgan fingerprint density at radius 1 is 1.14 bits per heavy atom. The summed E-state index contributed by atoms with van der Waals surface area (Å²) in [4.78, 5) is 13.9. The van der Waals surface area contributed by atoms with E-state index in [1.807, 2.05) is 30.9 Å². The predicted molar refractivity (Wildman–Crippen MR) is 108 cm³/mol. The number of hydrogen-bond acceptors (Lipinski definition) is 5. The van der Waals surface area contributed by atoms with Crippen molar-refractivity contribution in [3.05, 3.63) is 79.0 Å². The van der Waals surface area contributed by atoms with Crippen LogP contribution in [0, 0.1) is 0 Å².